The minimum Gasteiger partial charge on any atom is -0.380 e. The standard InChI is InChI=1S/C19H26N4O/c1-24-14-16-8-6-15(7-9-16)12-22-10-2-4-17(13-22)19-21-20-18-5-3-11-23(18)19/h6-9,17H,2-5,10-14H2,1H3/t17-/m1/s1. The zero-order valence-electron chi connectivity index (χ0n) is 14.4. The van der Waals surface area contributed by atoms with E-state index >= 15 is 0 Å². The maximum Gasteiger partial charge on any atom is 0.137 e. The van der Waals surface area contributed by atoms with Gasteiger partial charge in [0.15, 0.2) is 0 Å². The number of hydrogen-bond donors (Lipinski definition) is 0. The van der Waals surface area contributed by atoms with Crippen molar-refractivity contribution in [3.8, 4) is 0 Å². The highest BCUT2D eigenvalue weighted by Crippen LogP contribution is 2.29. The Bertz CT molecular complexity index is 679. The number of likely N-dealkylation sites (tertiary alicyclic amines) is 1. The summed E-state index contributed by atoms with van der Waals surface area (Å²) in [6.07, 6.45) is 4.80. The Kier molecular flexibility index (Phi) is 4.63. The summed E-state index contributed by atoms with van der Waals surface area (Å²) in [5, 5.41) is 8.90. The van der Waals surface area contributed by atoms with Gasteiger partial charge >= 0.3 is 0 Å². The third-order valence-electron chi connectivity index (χ3n) is 5.25. The van der Waals surface area contributed by atoms with Gasteiger partial charge in [0.25, 0.3) is 0 Å². The van der Waals surface area contributed by atoms with Gasteiger partial charge in [0, 0.05) is 39.1 Å². The average Bonchev–Trinajstić information content (AvgIpc) is 3.20. The van der Waals surface area contributed by atoms with Crippen LogP contribution in [0.2, 0.25) is 0 Å². The molecule has 0 amide bonds. The second-order valence-corrected chi connectivity index (χ2v) is 7.05. The lowest BCUT2D eigenvalue weighted by Crippen LogP contribution is -2.34. The zero-order valence-corrected chi connectivity index (χ0v) is 14.4. The highest BCUT2D eigenvalue weighted by atomic mass is 16.5. The summed E-state index contributed by atoms with van der Waals surface area (Å²) >= 11 is 0. The van der Waals surface area contributed by atoms with Gasteiger partial charge in [-0.1, -0.05) is 24.3 Å². The van der Waals surface area contributed by atoms with E-state index in [9.17, 15) is 0 Å². The van der Waals surface area contributed by atoms with E-state index in [0.29, 0.717) is 12.5 Å². The number of ether oxygens (including phenoxy) is 1. The molecule has 1 aromatic carbocycles. The Morgan fingerprint density at radius 3 is 2.75 bits per heavy atom. The molecule has 1 atom stereocenters. The molecule has 2 aliphatic rings. The first-order chi connectivity index (χ1) is 11.8. The van der Waals surface area contributed by atoms with Gasteiger partial charge in [0.05, 0.1) is 6.61 Å². The van der Waals surface area contributed by atoms with Gasteiger partial charge in [0.1, 0.15) is 11.6 Å². The van der Waals surface area contributed by atoms with E-state index in [4.69, 9.17) is 4.74 Å². The molecule has 0 saturated carbocycles. The Balaban J connectivity index is 1.41. The summed E-state index contributed by atoms with van der Waals surface area (Å²) in [6, 6.07) is 8.80. The molecule has 4 rings (SSSR count). The van der Waals surface area contributed by atoms with Crippen molar-refractivity contribution in [2.75, 3.05) is 20.2 Å². The van der Waals surface area contributed by atoms with E-state index in [0.717, 1.165) is 26.1 Å². The van der Waals surface area contributed by atoms with E-state index in [1.807, 2.05) is 0 Å². The number of aryl methyl sites for hydroxylation is 1. The molecule has 3 heterocycles. The van der Waals surface area contributed by atoms with E-state index in [1.165, 1.54) is 48.6 Å². The predicted octanol–water partition coefficient (Wildman–Crippen LogP) is 2.75. The Morgan fingerprint density at radius 2 is 1.92 bits per heavy atom. The second-order valence-electron chi connectivity index (χ2n) is 7.05. The van der Waals surface area contributed by atoms with Crippen LogP contribution < -0.4 is 0 Å². The van der Waals surface area contributed by atoms with E-state index < -0.39 is 0 Å². The van der Waals surface area contributed by atoms with Gasteiger partial charge in [-0.2, -0.15) is 0 Å². The largest absolute Gasteiger partial charge is 0.380 e. The van der Waals surface area contributed by atoms with E-state index in [2.05, 4.69) is 43.9 Å². The number of fused-ring (bicyclic) bond motifs is 1. The maximum atomic E-state index is 5.18. The third-order valence-corrected chi connectivity index (χ3v) is 5.25. The molecular weight excluding hydrogens is 300 g/mol. The molecule has 128 valence electrons. The molecule has 1 fully saturated rings. The molecule has 0 radical (unpaired) electrons. The van der Waals surface area contributed by atoms with Crippen LogP contribution in [0.1, 0.15) is 48.0 Å². The molecule has 0 aliphatic carbocycles. The van der Waals surface area contributed by atoms with Crippen molar-refractivity contribution in [2.24, 2.45) is 0 Å². The van der Waals surface area contributed by atoms with Gasteiger partial charge in [-0.3, -0.25) is 4.90 Å². The van der Waals surface area contributed by atoms with Gasteiger partial charge in [-0.25, -0.2) is 0 Å². The summed E-state index contributed by atoms with van der Waals surface area (Å²) < 4.78 is 7.55. The van der Waals surface area contributed by atoms with Crippen molar-refractivity contribution in [3.05, 3.63) is 47.0 Å². The average molecular weight is 326 g/mol. The van der Waals surface area contributed by atoms with Gasteiger partial charge < -0.3 is 9.30 Å². The van der Waals surface area contributed by atoms with Crippen LogP contribution in [0.15, 0.2) is 24.3 Å². The van der Waals surface area contributed by atoms with Crippen molar-refractivity contribution in [2.45, 2.75) is 51.3 Å². The minimum absolute atomic E-state index is 0.533. The van der Waals surface area contributed by atoms with Gasteiger partial charge in [0.2, 0.25) is 0 Å². The first-order valence-corrected chi connectivity index (χ1v) is 9.04. The number of hydrogen-bond acceptors (Lipinski definition) is 4. The molecular formula is C19H26N4O. The Labute approximate surface area is 143 Å². The Morgan fingerprint density at radius 1 is 1.08 bits per heavy atom. The SMILES string of the molecule is COCc1ccc(CN2CCC[C@@H](c3nnc4n3CCC4)C2)cc1. The maximum absolute atomic E-state index is 5.18. The number of rotatable bonds is 5. The lowest BCUT2D eigenvalue weighted by Gasteiger charge is -2.32. The van der Waals surface area contributed by atoms with Crippen LogP contribution in [-0.4, -0.2) is 39.9 Å². The van der Waals surface area contributed by atoms with Crippen molar-refractivity contribution in [3.63, 3.8) is 0 Å². The first kappa shape index (κ1) is 15.8. The fraction of sp³-hybridized carbons (Fsp3) is 0.579. The fourth-order valence-corrected chi connectivity index (χ4v) is 4.05. The van der Waals surface area contributed by atoms with E-state index in [1.54, 1.807) is 7.11 Å². The molecule has 2 aromatic rings. The first-order valence-electron chi connectivity index (χ1n) is 9.04. The quantitative estimate of drug-likeness (QED) is 0.847. The lowest BCUT2D eigenvalue weighted by atomic mass is 9.96. The van der Waals surface area contributed by atoms with Crippen LogP contribution in [0.5, 0.6) is 0 Å². The van der Waals surface area contributed by atoms with Gasteiger partial charge in [-0.05, 0) is 36.9 Å². The third kappa shape index (κ3) is 3.23. The summed E-state index contributed by atoms with van der Waals surface area (Å²) in [4.78, 5) is 2.57. The number of aromatic nitrogens is 3. The van der Waals surface area contributed by atoms with E-state index in [-0.39, 0.29) is 0 Å². The summed E-state index contributed by atoms with van der Waals surface area (Å²) in [6.45, 7) is 5.08. The topological polar surface area (TPSA) is 43.2 Å². The van der Waals surface area contributed by atoms with Crippen molar-refractivity contribution >= 4 is 0 Å². The number of benzene rings is 1. The molecule has 0 bridgehead atoms. The molecule has 24 heavy (non-hydrogen) atoms. The summed E-state index contributed by atoms with van der Waals surface area (Å²) in [7, 11) is 1.74. The number of methoxy groups -OCH3 is 1. The number of nitrogens with zero attached hydrogens (tertiary/aromatic N) is 4. The predicted molar refractivity (Wildman–Crippen MR) is 92.8 cm³/mol. The summed E-state index contributed by atoms with van der Waals surface area (Å²) in [5.41, 5.74) is 2.61. The Hall–Kier alpha value is -1.72. The molecule has 0 N–H and O–H groups in total. The normalized spacial score (nSPS) is 21.1. The molecule has 2 aliphatic heterocycles. The lowest BCUT2D eigenvalue weighted by molar-refractivity contribution is 0.184. The molecule has 5 heteroatoms. The van der Waals surface area contributed by atoms with Crippen LogP contribution >= 0.6 is 0 Å². The summed E-state index contributed by atoms with van der Waals surface area (Å²) in [5.74, 6) is 2.95. The second kappa shape index (κ2) is 7.03. The van der Waals surface area contributed by atoms with Crippen molar-refractivity contribution in [1.29, 1.82) is 0 Å². The molecule has 5 nitrogen and oxygen atoms in total. The molecule has 1 saturated heterocycles. The zero-order chi connectivity index (χ0) is 16.4. The highest BCUT2D eigenvalue weighted by Gasteiger charge is 2.28. The smallest absolute Gasteiger partial charge is 0.137 e. The molecule has 0 unspecified atom stereocenters. The van der Waals surface area contributed by atoms with Crippen molar-refractivity contribution in [1.82, 2.24) is 19.7 Å². The van der Waals surface area contributed by atoms with Crippen LogP contribution in [0.3, 0.4) is 0 Å². The van der Waals surface area contributed by atoms with Gasteiger partial charge in [-0.15, -0.1) is 10.2 Å². The molecule has 0 spiro atoms. The number of piperidine rings is 1. The minimum atomic E-state index is 0.533. The fourth-order valence-electron chi connectivity index (χ4n) is 4.05. The molecule has 1 aromatic heterocycles. The van der Waals surface area contributed by atoms with Crippen LogP contribution in [0, 0.1) is 0 Å². The highest BCUT2D eigenvalue weighted by molar-refractivity contribution is 5.22. The van der Waals surface area contributed by atoms with Crippen LogP contribution in [0.25, 0.3) is 0 Å². The van der Waals surface area contributed by atoms with Crippen LogP contribution in [-0.2, 0) is 30.9 Å². The monoisotopic (exact) mass is 326 g/mol. The van der Waals surface area contributed by atoms with Crippen molar-refractivity contribution < 1.29 is 4.74 Å². The van der Waals surface area contributed by atoms with Crippen LogP contribution in [0.4, 0.5) is 0 Å².